The van der Waals surface area contributed by atoms with E-state index in [2.05, 4.69) is 14.9 Å². The van der Waals surface area contributed by atoms with Crippen LogP contribution in [0.15, 0.2) is 52.3 Å². The van der Waals surface area contributed by atoms with Crippen molar-refractivity contribution in [3.05, 3.63) is 48.3 Å². The first-order chi connectivity index (χ1) is 15.4. The highest BCUT2D eigenvalue weighted by Crippen LogP contribution is 2.32. The number of piperazine rings is 1. The number of halogens is 1. The maximum atomic E-state index is 14.0. The molecule has 0 unspecified atom stereocenters. The standard InChI is InChI=1S/C22H27FN4O3S2/c23-18-4-1-2-5-20(18)27-13-11-26(12-14-27)10-3-9-24-32(29,30)17-6-7-21-19(16-17)25-22(28)8-15-31-21/h1-2,4-7,16,24H,3,8-15H2,(H,25,28). The molecule has 0 spiro atoms. The molecule has 1 saturated heterocycles. The topological polar surface area (TPSA) is 81.8 Å². The van der Waals surface area contributed by atoms with Crippen molar-refractivity contribution in [3.8, 4) is 0 Å². The van der Waals surface area contributed by atoms with Crippen molar-refractivity contribution < 1.29 is 17.6 Å². The smallest absolute Gasteiger partial charge is 0.240 e. The second-order valence-electron chi connectivity index (χ2n) is 7.84. The van der Waals surface area contributed by atoms with Crippen LogP contribution in [0.2, 0.25) is 0 Å². The third kappa shape index (κ3) is 5.61. The van der Waals surface area contributed by atoms with Crippen molar-refractivity contribution in [2.75, 3.05) is 55.2 Å². The number of para-hydroxylation sites is 1. The predicted molar refractivity (Wildman–Crippen MR) is 125 cm³/mol. The number of thioether (sulfide) groups is 1. The first-order valence-electron chi connectivity index (χ1n) is 10.7. The Kier molecular flexibility index (Phi) is 7.34. The van der Waals surface area contributed by atoms with Crippen LogP contribution in [0, 0.1) is 5.82 Å². The second-order valence-corrected chi connectivity index (χ2v) is 10.7. The first-order valence-corrected chi connectivity index (χ1v) is 13.2. The van der Waals surface area contributed by atoms with Crippen molar-refractivity contribution >= 4 is 39.1 Å². The van der Waals surface area contributed by atoms with Gasteiger partial charge in [0.1, 0.15) is 5.82 Å². The highest BCUT2D eigenvalue weighted by Gasteiger charge is 2.21. The fraction of sp³-hybridized carbons (Fsp3) is 0.409. The van der Waals surface area contributed by atoms with Crippen LogP contribution in [0.5, 0.6) is 0 Å². The summed E-state index contributed by atoms with van der Waals surface area (Å²) in [5, 5.41) is 2.78. The van der Waals surface area contributed by atoms with Gasteiger partial charge in [-0.2, -0.15) is 0 Å². The zero-order chi connectivity index (χ0) is 22.6. The van der Waals surface area contributed by atoms with Gasteiger partial charge in [-0.25, -0.2) is 17.5 Å². The van der Waals surface area contributed by atoms with E-state index in [4.69, 9.17) is 0 Å². The van der Waals surface area contributed by atoms with E-state index >= 15 is 0 Å². The molecular weight excluding hydrogens is 451 g/mol. The minimum atomic E-state index is -3.65. The summed E-state index contributed by atoms with van der Waals surface area (Å²) >= 11 is 1.54. The summed E-state index contributed by atoms with van der Waals surface area (Å²) in [4.78, 5) is 17.1. The van der Waals surface area contributed by atoms with E-state index in [0.717, 1.165) is 37.6 Å². The number of carbonyl (C=O) groups is 1. The molecule has 0 radical (unpaired) electrons. The molecular formula is C22H27FN4O3S2. The molecule has 32 heavy (non-hydrogen) atoms. The summed E-state index contributed by atoms with van der Waals surface area (Å²) in [5.41, 5.74) is 1.18. The van der Waals surface area contributed by atoms with Crippen LogP contribution in [0.3, 0.4) is 0 Å². The van der Waals surface area contributed by atoms with Gasteiger partial charge in [0.15, 0.2) is 0 Å². The van der Waals surface area contributed by atoms with Crippen LogP contribution in [-0.2, 0) is 14.8 Å². The molecule has 1 fully saturated rings. The lowest BCUT2D eigenvalue weighted by atomic mass is 10.2. The average Bonchev–Trinajstić information content (AvgIpc) is 2.97. The van der Waals surface area contributed by atoms with E-state index in [1.165, 1.54) is 12.1 Å². The van der Waals surface area contributed by atoms with Crippen LogP contribution < -0.4 is 14.9 Å². The highest BCUT2D eigenvalue weighted by molar-refractivity contribution is 7.99. The lowest BCUT2D eigenvalue weighted by Crippen LogP contribution is -2.47. The molecule has 7 nitrogen and oxygen atoms in total. The number of amides is 1. The van der Waals surface area contributed by atoms with E-state index in [9.17, 15) is 17.6 Å². The number of benzene rings is 2. The first kappa shape index (κ1) is 23.0. The lowest BCUT2D eigenvalue weighted by molar-refractivity contribution is -0.115. The molecule has 172 valence electrons. The van der Waals surface area contributed by atoms with Gasteiger partial charge in [-0.15, -0.1) is 11.8 Å². The zero-order valence-electron chi connectivity index (χ0n) is 17.7. The Hall–Kier alpha value is -2.14. The molecule has 0 bridgehead atoms. The van der Waals surface area contributed by atoms with Gasteiger partial charge in [0.2, 0.25) is 15.9 Å². The Bertz CT molecular complexity index is 1070. The fourth-order valence-corrected chi connectivity index (χ4v) is 5.92. The molecule has 1 amide bonds. The maximum Gasteiger partial charge on any atom is 0.240 e. The number of carbonyl (C=O) groups excluding carboxylic acids is 1. The van der Waals surface area contributed by atoms with E-state index in [-0.39, 0.29) is 16.6 Å². The van der Waals surface area contributed by atoms with Gasteiger partial charge in [0.05, 0.1) is 16.3 Å². The van der Waals surface area contributed by atoms with Gasteiger partial charge in [0.25, 0.3) is 0 Å². The molecule has 0 saturated carbocycles. The maximum absolute atomic E-state index is 14.0. The molecule has 2 N–H and O–H groups in total. The molecule has 2 aliphatic heterocycles. The molecule has 2 aromatic carbocycles. The number of nitrogens with zero attached hydrogens (tertiary/aromatic N) is 2. The summed E-state index contributed by atoms with van der Waals surface area (Å²) in [7, 11) is -3.65. The van der Waals surface area contributed by atoms with Gasteiger partial charge in [-0.1, -0.05) is 12.1 Å². The van der Waals surface area contributed by atoms with Crippen molar-refractivity contribution in [3.63, 3.8) is 0 Å². The van der Waals surface area contributed by atoms with Crippen molar-refractivity contribution in [2.24, 2.45) is 0 Å². The van der Waals surface area contributed by atoms with Gasteiger partial charge < -0.3 is 10.2 Å². The number of anilines is 2. The minimum Gasteiger partial charge on any atom is -0.367 e. The average molecular weight is 479 g/mol. The van der Waals surface area contributed by atoms with Crippen molar-refractivity contribution in [2.45, 2.75) is 22.6 Å². The number of rotatable bonds is 7. The molecule has 2 heterocycles. The summed E-state index contributed by atoms with van der Waals surface area (Å²) in [5.74, 6) is 0.373. The van der Waals surface area contributed by atoms with Gasteiger partial charge in [0, 0.05) is 49.8 Å². The molecule has 2 aromatic rings. The quantitative estimate of drug-likeness (QED) is 0.596. The van der Waals surface area contributed by atoms with Crippen LogP contribution in [-0.4, -0.2) is 64.2 Å². The summed E-state index contributed by atoms with van der Waals surface area (Å²) in [6.45, 7) is 4.20. The minimum absolute atomic E-state index is 0.103. The van der Waals surface area contributed by atoms with Crippen LogP contribution in [0.4, 0.5) is 15.8 Å². The normalized spacial score (nSPS) is 17.5. The fourth-order valence-electron chi connectivity index (χ4n) is 3.88. The molecule has 0 atom stereocenters. The van der Waals surface area contributed by atoms with E-state index in [0.29, 0.717) is 36.5 Å². The van der Waals surface area contributed by atoms with E-state index < -0.39 is 10.0 Å². The Morgan fingerprint density at radius 1 is 1.09 bits per heavy atom. The number of sulfonamides is 1. The number of nitrogens with one attached hydrogen (secondary N) is 2. The zero-order valence-corrected chi connectivity index (χ0v) is 19.4. The highest BCUT2D eigenvalue weighted by atomic mass is 32.2. The molecule has 0 aromatic heterocycles. The largest absolute Gasteiger partial charge is 0.367 e. The van der Waals surface area contributed by atoms with Crippen molar-refractivity contribution in [1.29, 1.82) is 0 Å². The number of hydrogen-bond acceptors (Lipinski definition) is 6. The van der Waals surface area contributed by atoms with Crippen molar-refractivity contribution in [1.82, 2.24) is 9.62 Å². The Morgan fingerprint density at radius 2 is 1.88 bits per heavy atom. The molecule has 10 heteroatoms. The Balaban J connectivity index is 1.24. The monoisotopic (exact) mass is 478 g/mol. The van der Waals surface area contributed by atoms with E-state index in [1.54, 1.807) is 36.0 Å². The Morgan fingerprint density at radius 3 is 2.66 bits per heavy atom. The van der Waals surface area contributed by atoms with Gasteiger partial charge in [-0.3, -0.25) is 9.69 Å². The summed E-state index contributed by atoms with van der Waals surface area (Å²) in [6.07, 6.45) is 1.09. The third-order valence-electron chi connectivity index (χ3n) is 5.63. The SMILES string of the molecule is O=C1CCSc2ccc(S(=O)(=O)NCCCN3CCN(c4ccccc4F)CC3)cc2N1. The third-order valence-corrected chi connectivity index (χ3v) is 8.16. The number of hydrogen-bond donors (Lipinski definition) is 2. The molecule has 4 rings (SSSR count). The summed E-state index contributed by atoms with van der Waals surface area (Å²) in [6, 6.07) is 11.7. The van der Waals surface area contributed by atoms with E-state index in [1.807, 2.05) is 11.0 Å². The predicted octanol–water partition coefficient (Wildman–Crippen LogP) is 2.75. The summed E-state index contributed by atoms with van der Waals surface area (Å²) < 4.78 is 42.0. The van der Waals surface area contributed by atoms with Crippen LogP contribution >= 0.6 is 11.8 Å². The molecule has 2 aliphatic rings. The van der Waals surface area contributed by atoms with Crippen LogP contribution in [0.25, 0.3) is 0 Å². The van der Waals surface area contributed by atoms with Crippen LogP contribution in [0.1, 0.15) is 12.8 Å². The van der Waals surface area contributed by atoms with Gasteiger partial charge >= 0.3 is 0 Å². The molecule has 0 aliphatic carbocycles. The second kappa shape index (κ2) is 10.2. The number of fused-ring (bicyclic) bond motifs is 1. The van der Waals surface area contributed by atoms with Gasteiger partial charge in [-0.05, 0) is 43.3 Å². The Labute approximate surface area is 192 Å². The lowest BCUT2D eigenvalue weighted by Gasteiger charge is -2.36.